The predicted octanol–water partition coefficient (Wildman–Crippen LogP) is 0.516. The molecule has 0 unspecified atom stereocenters. The van der Waals surface area contributed by atoms with Crippen molar-refractivity contribution in [2.45, 2.75) is 13.8 Å². The summed E-state index contributed by atoms with van der Waals surface area (Å²) in [5.41, 5.74) is 2.29. The molecule has 0 aliphatic rings. The summed E-state index contributed by atoms with van der Waals surface area (Å²) in [7, 11) is 1.84. The van der Waals surface area contributed by atoms with Crippen molar-refractivity contribution in [2.24, 2.45) is 7.05 Å². The first-order valence-corrected chi connectivity index (χ1v) is 3.17. The molecule has 0 aliphatic carbocycles. The van der Waals surface area contributed by atoms with Crippen molar-refractivity contribution in [3.05, 3.63) is 23.1 Å². The molecule has 1 aromatic heterocycles. The number of nitrogens with zero attached hydrogens (tertiary/aromatic N) is 2. The minimum atomic E-state index is 0.317. The first-order valence-electron chi connectivity index (χ1n) is 3.17. The summed E-state index contributed by atoms with van der Waals surface area (Å²) in [6, 6.07) is 1.96. The molecule has 1 aromatic rings. The van der Waals surface area contributed by atoms with Gasteiger partial charge in [0, 0.05) is 18.4 Å². The second-order valence-electron chi connectivity index (χ2n) is 2.42. The van der Waals surface area contributed by atoms with E-state index in [1.54, 1.807) is 4.57 Å². The Morgan fingerprint density at radius 1 is 1.50 bits per heavy atom. The highest BCUT2D eigenvalue weighted by atomic mass is 15.0. The quantitative estimate of drug-likeness (QED) is 0.556. The Bertz CT molecular complexity index is 298. The van der Waals surface area contributed by atoms with Gasteiger partial charge in [0.1, 0.15) is 0 Å². The van der Waals surface area contributed by atoms with Crippen LogP contribution in [0.4, 0.5) is 0 Å². The van der Waals surface area contributed by atoms with Crippen LogP contribution in [0.15, 0.2) is 6.07 Å². The van der Waals surface area contributed by atoms with E-state index in [0.29, 0.717) is 5.62 Å². The Morgan fingerprint density at radius 3 is 2.60 bits per heavy atom. The third kappa shape index (κ3) is 1.07. The zero-order valence-corrected chi connectivity index (χ0v) is 6.47. The van der Waals surface area contributed by atoms with Gasteiger partial charge in [-0.15, -0.1) is 0 Å². The average Bonchev–Trinajstić information content (AvgIpc) is 1.82. The molecule has 3 heteroatoms. The van der Waals surface area contributed by atoms with Gasteiger partial charge in [0.15, 0.2) is 0 Å². The maximum Gasteiger partial charge on any atom is 0.222 e. The van der Waals surface area contributed by atoms with Crippen LogP contribution in [0.1, 0.15) is 11.4 Å². The van der Waals surface area contributed by atoms with Crippen LogP contribution in [0, 0.1) is 19.3 Å². The topological polar surface area (TPSA) is 41.7 Å². The van der Waals surface area contributed by atoms with Crippen LogP contribution in [-0.2, 0) is 7.05 Å². The number of rotatable bonds is 0. The number of aromatic nitrogens is 2. The average molecular weight is 137 g/mol. The maximum absolute atomic E-state index is 7.35. The second kappa shape index (κ2) is 2.25. The van der Waals surface area contributed by atoms with Crippen LogP contribution < -0.4 is 5.62 Å². The minimum Gasteiger partial charge on any atom is -0.318 e. The van der Waals surface area contributed by atoms with E-state index in [1.807, 2.05) is 27.0 Å². The maximum atomic E-state index is 7.35. The summed E-state index contributed by atoms with van der Waals surface area (Å²) >= 11 is 0. The third-order valence-corrected chi connectivity index (χ3v) is 1.55. The molecule has 0 aromatic carbocycles. The van der Waals surface area contributed by atoms with E-state index < -0.39 is 0 Å². The van der Waals surface area contributed by atoms with Gasteiger partial charge < -0.3 is 4.57 Å². The van der Waals surface area contributed by atoms with Gasteiger partial charge in [-0.05, 0) is 19.9 Å². The van der Waals surface area contributed by atoms with Crippen LogP contribution in [0.2, 0.25) is 0 Å². The standard InChI is InChI=1S/C7H11N3/c1-5-4-6(2)10(3)7(8)9-5/h4,8H,1-3H3. The van der Waals surface area contributed by atoms with Crippen molar-refractivity contribution in [3.8, 4) is 0 Å². The van der Waals surface area contributed by atoms with Crippen molar-refractivity contribution >= 4 is 0 Å². The van der Waals surface area contributed by atoms with Crippen molar-refractivity contribution in [1.29, 1.82) is 5.41 Å². The molecule has 1 N–H and O–H groups in total. The van der Waals surface area contributed by atoms with E-state index in [-0.39, 0.29) is 0 Å². The molecular formula is C7H11N3. The van der Waals surface area contributed by atoms with E-state index in [4.69, 9.17) is 5.41 Å². The van der Waals surface area contributed by atoms with E-state index in [1.165, 1.54) is 0 Å². The van der Waals surface area contributed by atoms with Gasteiger partial charge >= 0.3 is 0 Å². The lowest BCUT2D eigenvalue weighted by molar-refractivity contribution is 0.725. The number of hydrogen-bond acceptors (Lipinski definition) is 2. The zero-order chi connectivity index (χ0) is 7.72. The molecule has 54 valence electrons. The predicted molar refractivity (Wildman–Crippen MR) is 38.5 cm³/mol. The minimum absolute atomic E-state index is 0.317. The summed E-state index contributed by atoms with van der Waals surface area (Å²) < 4.78 is 1.74. The van der Waals surface area contributed by atoms with E-state index in [9.17, 15) is 0 Å². The molecule has 0 saturated heterocycles. The van der Waals surface area contributed by atoms with Crippen LogP contribution in [-0.4, -0.2) is 9.55 Å². The van der Waals surface area contributed by atoms with Crippen LogP contribution in [0.3, 0.4) is 0 Å². The van der Waals surface area contributed by atoms with Crippen molar-refractivity contribution in [3.63, 3.8) is 0 Å². The first kappa shape index (κ1) is 6.99. The Hall–Kier alpha value is -1.12. The molecule has 1 rings (SSSR count). The largest absolute Gasteiger partial charge is 0.318 e. The molecule has 0 bridgehead atoms. The van der Waals surface area contributed by atoms with Gasteiger partial charge in [0.25, 0.3) is 0 Å². The molecule has 3 nitrogen and oxygen atoms in total. The Labute approximate surface area is 59.9 Å². The molecule has 1 heterocycles. The molecule has 0 spiro atoms. The summed E-state index contributed by atoms with van der Waals surface area (Å²) in [4.78, 5) is 3.96. The molecule has 10 heavy (non-hydrogen) atoms. The molecule has 0 fully saturated rings. The third-order valence-electron chi connectivity index (χ3n) is 1.55. The molecule has 0 amide bonds. The highest BCUT2D eigenvalue weighted by Gasteiger charge is 1.92. The zero-order valence-electron chi connectivity index (χ0n) is 6.47. The molecule has 0 aliphatic heterocycles. The van der Waals surface area contributed by atoms with Crippen LogP contribution in [0.5, 0.6) is 0 Å². The van der Waals surface area contributed by atoms with Crippen molar-refractivity contribution in [1.82, 2.24) is 9.55 Å². The second-order valence-corrected chi connectivity index (χ2v) is 2.42. The lowest BCUT2D eigenvalue weighted by Crippen LogP contribution is -2.22. The highest BCUT2D eigenvalue weighted by molar-refractivity contribution is 5.05. The molecule has 0 saturated carbocycles. The van der Waals surface area contributed by atoms with Gasteiger partial charge in [-0.25, -0.2) is 4.98 Å². The summed E-state index contributed by atoms with van der Waals surface area (Å²) in [6.45, 7) is 3.86. The Balaban J connectivity index is 3.46. The van der Waals surface area contributed by atoms with Gasteiger partial charge in [-0.3, -0.25) is 5.41 Å². The fraction of sp³-hybridized carbons (Fsp3) is 0.429. The molecule has 0 atom stereocenters. The fourth-order valence-corrected chi connectivity index (χ4v) is 0.840. The van der Waals surface area contributed by atoms with Crippen LogP contribution in [0.25, 0.3) is 0 Å². The van der Waals surface area contributed by atoms with Crippen molar-refractivity contribution < 1.29 is 0 Å². The van der Waals surface area contributed by atoms with Gasteiger partial charge in [0.2, 0.25) is 5.62 Å². The summed E-state index contributed by atoms with van der Waals surface area (Å²) in [5.74, 6) is 0. The summed E-state index contributed by atoms with van der Waals surface area (Å²) in [6.07, 6.45) is 0. The van der Waals surface area contributed by atoms with Crippen LogP contribution >= 0.6 is 0 Å². The van der Waals surface area contributed by atoms with Gasteiger partial charge in [-0.1, -0.05) is 0 Å². The van der Waals surface area contributed by atoms with E-state index in [2.05, 4.69) is 4.98 Å². The van der Waals surface area contributed by atoms with Gasteiger partial charge in [0.05, 0.1) is 0 Å². The SMILES string of the molecule is Cc1cc(C)n(C)c(=N)n1. The number of hydrogen-bond donors (Lipinski definition) is 1. The smallest absolute Gasteiger partial charge is 0.222 e. The lowest BCUT2D eigenvalue weighted by atomic mass is 10.3. The Kier molecular flexibility index (Phi) is 1.57. The molecule has 0 radical (unpaired) electrons. The normalized spacial score (nSPS) is 9.90. The summed E-state index contributed by atoms with van der Waals surface area (Å²) in [5, 5.41) is 7.35. The van der Waals surface area contributed by atoms with E-state index in [0.717, 1.165) is 11.4 Å². The lowest BCUT2D eigenvalue weighted by Gasteiger charge is -2.02. The highest BCUT2D eigenvalue weighted by Crippen LogP contribution is 1.92. The Morgan fingerprint density at radius 2 is 2.10 bits per heavy atom. The monoisotopic (exact) mass is 137 g/mol. The van der Waals surface area contributed by atoms with Gasteiger partial charge in [-0.2, -0.15) is 0 Å². The molecular weight excluding hydrogens is 126 g/mol. The number of nitrogens with one attached hydrogen (secondary N) is 1. The van der Waals surface area contributed by atoms with Crippen molar-refractivity contribution in [2.75, 3.05) is 0 Å². The van der Waals surface area contributed by atoms with E-state index >= 15 is 0 Å². The first-order chi connectivity index (χ1) is 4.61. The number of aryl methyl sites for hydroxylation is 2. The fourth-order valence-electron chi connectivity index (χ4n) is 0.840.